The predicted molar refractivity (Wildman–Crippen MR) is 106 cm³/mol. The Bertz CT molecular complexity index is 483. The van der Waals surface area contributed by atoms with Crippen LogP contribution in [0.5, 0.6) is 0 Å². The van der Waals surface area contributed by atoms with Gasteiger partial charge in [0.15, 0.2) is 8.32 Å². The maximum atomic E-state index is 6.32. The molecule has 1 nitrogen and oxygen atoms in total. The van der Waals surface area contributed by atoms with Crippen molar-refractivity contribution in [2.45, 2.75) is 84.5 Å². The average Bonchev–Trinajstić information content (AvgIpc) is 2.48. The van der Waals surface area contributed by atoms with E-state index in [1.807, 2.05) is 0 Å². The van der Waals surface area contributed by atoms with Gasteiger partial charge in [-0.15, -0.1) is 0 Å². The number of benzene rings is 1. The summed E-state index contributed by atoms with van der Waals surface area (Å²) in [5, 5.41) is 0.267. The first-order valence-electron chi connectivity index (χ1n) is 9.16. The van der Waals surface area contributed by atoms with Crippen molar-refractivity contribution in [3.63, 3.8) is 0 Å². The fraction of sp³-hybridized carbons (Fsp3) is 0.619. The number of rotatable bonds is 9. The Morgan fingerprint density at radius 3 is 2.48 bits per heavy atom. The molecule has 0 aliphatic heterocycles. The smallest absolute Gasteiger partial charge is 0.192 e. The van der Waals surface area contributed by atoms with Crippen molar-refractivity contribution in [1.29, 1.82) is 0 Å². The molecular formula is C21H36OSi. The highest BCUT2D eigenvalue weighted by Crippen LogP contribution is 2.37. The van der Waals surface area contributed by atoms with Gasteiger partial charge in [-0.25, -0.2) is 0 Å². The second-order valence-corrected chi connectivity index (χ2v) is 12.9. The maximum absolute atomic E-state index is 6.32. The molecule has 2 heteroatoms. The Kier molecular flexibility index (Phi) is 8.28. The van der Waals surface area contributed by atoms with Crippen LogP contribution in [0.15, 0.2) is 30.3 Å². The SMILES string of the molecule is CCCCCC/C=C/c1cccc(CO[Si](C)(C)C(C)(C)C)c1. The zero-order valence-electron chi connectivity index (χ0n) is 16.1. The van der Waals surface area contributed by atoms with E-state index < -0.39 is 8.32 Å². The maximum Gasteiger partial charge on any atom is 0.192 e. The monoisotopic (exact) mass is 332 g/mol. The van der Waals surface area contributed by atoms with E-state index in [4.69, 9.17) is 4.43 Å². The van der Waals surface area contributed by atoms with E-state index in [9.17, 15) is 0 Å². The first kappa shape index (κ1) is 20.2. The fourth-order valence-corrected chi connectivity index (χ4v) is 3.14. The van der Waals surface area contributed by atoms with Crippen LogP contribution in [-0.2, 0) is 11.0 Å². The molecule has 0 bridgehead atoms. The van der Waals surface area contributed by atoms with E-state index in [0.717, 1.165) is 6.61 Å². The van der Waals surface area contributed by atoms with Crippen LogP contribution in [0.2, 0.25) is 18.1 Å². The van der Waals surface area contributed by atoms with Gasteiger partial charge in [-0.1, -0.05) is 77.3 Å². The van der Waals surface area contributed by atoms with E-state index in [0.29, 0.717) is 0 Å². The summed E-state index contributed by atoms with van der Waals surface area (Å²) in [5.41, 5.74) is 2.57. The van der Waals surface area contributed by atoms with Crippen LogP contribution in [-0.4, -0.2) is 8.32 Å². The minimum absolute atomic E-state index is 0.267. The summed E-state index contributed by atoms with van der Waals surface area (Å²) < 4.78 is 6.32. The van der Waals surface area contributed by atoms with Crippen LogP contribution in [0.4, 0.5) is 0 Å². The van der Waals surface area contributed by atoms with Gasteiger partial charge in [-0.3, -0.25) is 0 Å². The van der Waals surface area contributed by atoms with Gasteiger partial charge in [0, 0.05) is 0 Å². The summed E-state index contributed by atoms with van der Waals surface area (Å²) in [4.78, 5) is 0. The van der Waals surface area contributed by atoms with Gasteiger partial charge in [0.05, 0.1) is 6.61 Å². The highest BCUT2D eigenvalue weighted by molar-refractivity contribution is 6.74. The van der Waals surface area contributed by atoms with Crippen molar-refractivity contribution in [2.75, 3.05) is 0 Å². The molecule has 1 aromatic rings. The van der Waals surface area contributed by atoms with Crippen LogP contribution >= 0.6 is 0 Å². The Morgan fingerprint density at radius 1 is 1.09 bits per heavy atom. The van der Waals surface area contributed by atoms with Crippen molar-refractivity contribution in [3.05, 3.63) is 41.5 Å². The third-order valence-electron chi connectivity index (χ3n) is 4.89. The summed E-state index contributed by atoms with van der Waals surface area (Å²) in [5.74, 6) is 0. The van der Waals surface area contributed by atoms with Crippen molar-refractivity contribution >= 4 is 14.4 Å². The molecule has 1 aromatic carbocycles. The lowest BCUT2D eigenvalue weighted by atomic mass is 10.1. The largest absolute Gasteiger partial charge is 0.413 e. The number of allylic oxidation sites excluding steroid dienone is 1. The second-order valence-electron chi connectivity index (χ2n) is 8.05. The Morgan fingerprint density at radius 2 is 1.83 bits per heavy atom. The van der Waals surface area contributed by atoms with Gasteiger partial charge in [0.25, 0.3) is 0 Å². The normalized spacial score (nSPS) is 13.0. The molecule has 0 unspecified atom stereocenters. The lowest BCUT2D eigenvalue weighted by molar-refractivity contribution is 0.276. The predicted octanol–water partition coefficient (Wildman–Crippen LogP) is 7.19. The topological polar surface area (TPSA) is 9.23 Å². The Labute approximate surface area is 145 Å². The number of unbranched alkanes of at least 4 members (excludes halogenated alkanes) is 4. The van der Waals surface area contributed by atoms with E-state index >= 15 is 0 Å². The molecule has 130 valence electrons. The van der Waals surface area contributed by atoms with Crippen molar-refractivity contribution in [2.24, 2.45) is 0 Å². The molecule has 1 rings (SSSR count). The molecule has 0 aliphatic carbocycles. The lowest BCUT2D eigenvalue weighted by Gasteiger charge is -2.36. The fourth-order valence-electron chi connectivity index (χ4n) is 2.18. The first-order valence-corrected chi connectivity index (χ1v) is 12.1. The molecule has 0 heterocycles. The Balaban J connectivity index is 2.52. The van der Waals surface area contributed by atoms with Crippen molar-refractivity contribution < 1.29 is 4.43 Å². The molecule has 0 amide bonds. The van der Waals surface area contributed by atoms with Crippen LogP contribution in [0.3, 0.4) is 0 Å². The quantitative estimate of drug-likeness (QED) is 0.343. The minimum Gasteiger partial charge on any atom is -0.413 e. The summed E-state index contributed by atoms with van der Waals surface area (Å²) in [6.07, 6.45) is 11.1. The molecular weight excluding hydrogens is 296 g/mol. The third-order valence-corrected chi connectivity index (χ3v) is 9.37. The standard InChI is InChI=1S/C21H36OSi/c1-7-8-9-10-11-12-14-19-15-13-16-20(17-19)18-22-23(5,6)21(2,3)4/h12-17H,7-11,18H2,1-6H3/b14-12+. The zero-order valence-corrected chi connectivity index (χ0v) is 17.1. The summed E-state index contributed by atoms with van der Waals surface area (Å²) in [6.45, 7) is 14.5. The van der Waals surface area contributed by atoms with Gasteiger partial charge < -0.3 is 4.43 Å². The highest BCUT2D eigenvalue weighted by atomic mass is 28.4. The molecule has 0 fully saturated rings. The Hall–Kier alpha value is -0.863. The van der Waals surface area contributed by atoms with Gasteiger partial charge in [-0.2, -0.15) is 0 Å². The molecule has 0 N–H and O–H groups in total. The third kappa shape index (κ3) is 7.50. The molecule has 23 heavy (non-hydrogen) atoms. The van der Waals surface area contributed by atoms with Gasteiger partial charge in [0.1, 0.15) is 0 Å². The van der Waals surface area contributed by atoms with E-state index in [-0.39, 0.29) is 5.04 Å². The van der Waals surface area contributed by atoms with Gasteiger partial charge in [0.2, 0.25) is 0 Å². The molecule has 0 atom stereocenters. The average molecular weight is 333 g/mol. The van der Waals surface area contributed by atoms with Crippen LogP contribution in [0, 0.1) is 0 Å². The molecule has 0 saturated carbocycles. The lowest BCUT2D eigenvalue weighted by Crippen LogP contribution is -2.40. The van der Waals surface area contributed by atoms with Crippen molar-refractivity contribution in [3.8, 4) is 0 Å². The highest BCUT2D eigenvalue weighted by Gasteiger charge is 2.36. The van der Waals surface area contributed by atoms with Gasteiger partial charge in [-0.05, 0) is 48.2 Å². The number of hydrogen-bond acceptors (Lipinski definition) is 1. The van der Waals surface area contributed by atoms with Crippen molar-refractivity contribution in [1.82, 2.24) is 0 Å². The van der Waals surface area contributed by atoms with Crippen LogP contribution in [0.25, 0.3) is 6.08 Å². The molecule has 0 aliphatic rings. The molecule has 0 radical (unpaired) electrons. The zero-order chi connectivity index (χ0) is 17.3. The molecule has 0 aromatic heterocycles. The number of hydrogen-bond donors (Lipinski definition) is 0. The second kappa shape index (κ2) is 9.44. The van der Waals surface area contributed by atoms with E-state index in [1.165, 1.54) is 43.2 Å². The molecule has 0 saturated heterocycles. The first-order chi connectivity index (χ1) is 10.8. The summed E-state index contributed by atoms with van der Waals surface area (Å²) >= 11 is 0. The summed E-state index contributed by atoms with van der Waals surface area (Å²) in [6, 6.07) is 8.75. The van der Waals surface area contributed by atoms with E-state index in [1.54, 1.807) is 0 Å². The summed E-state index contributed by atoms with van der Waals surface area (Å²) in [7, 11) is -1.67. The van der Waals surface area contributed by atoms with Crippen LogP contribution in [0.1, 0.15) is 70.9 Å². The molecule has 0 spiro atoms. The minimum atomic E-state index is -1.67. The van der Waals surface area contributed by atoms with Crippen LogP contribution < -0.4 is 0 Å². The van der Waals surface area contributed by atoms with Gasteiger partial charge >= 0.3 is 0 Å². The van der Waals surface area contributed by atoms with E-state index in [2.05, 4.69) is 77.2 Å².